The molecule has 0 saturated carbocycles. The maximum Gasteiger partial charge on any atom is 0.426 e. The monoisotopic (exact) mass is 440 g/mol. The Labute approximate surface area is 166 Å². The molecule has 3 rings (SSSR count). The van der Waals surface area contributed by atoms with Crippen LogP contribution >= 0.6 is 0 Å². The van der Waals surface area contributed by atoms with E-state index in [0.29, 0.717) is 12.5 Å². The van der Waals surface area contributed by atoms with Gasteiger partial charge in [0.25, 0.3) is 11.8 Å². The van der Waals surface area contributed by atoms with Gasteiger partial charge in [0.15, 0.2) is 5.69 Å². The zero-order valence-corrected chi connectivity index (χ0v) is 15.6. The lowest BCUT2D eigenvalue weighted by Crippen LogP contribution is -2.42. The number of hydrogen-bond acceptors (Lipinski definition) is 7. The van der Waals surface area contributed by atoms with Crippen LogP contribution in [-0.4, -0.2) is 32.6 Å². The van der Waals surface area contributed by atoms with Gasteiger partial charge in [0.2, 0.25) is 11.5 Å². The maximum atomic E-state index is 13.5. The predicted molar refractivity (Wildman–Crippen MR) is 90.1 cm³/mol. The third kappa shape index (κ3) is 4.16. The average Bonchev–Trinajstić information content (AvgIpc) is 3.10. The highest BCUT2D eigenvalue weighted by Crippen LogP contribution is 2.44. The largest absolute Gasteiger partial charge is 0.474 e. The van der Waals surface area contributed by atoms with Crippen molar-refractivity contribution < 1.29 is 40.6 Å². The van der Waals surface area contributed by atoms with E-state index in [4.69, 9.17) is 14.9 Å². The van der Waals surface area contributed by atoms with Crippen molar-refractivity contribution in [2.45, 2.75) is 63.1 Å². The van der Waals surface area contributed by atoms with E-state index >= 15 is 0 Å². The number of nitrogens with zero attached hydrogens (tertiary/aromatic N) is 3. The van der Waals surface area contributed by atoms with Crippen molar-refractivity contribution in [2.24, 2.45) is 0 Å². The number of aromatic nitrogens is 3. The SMILES string of the molecule is C[C@@H]1CCCCC[C@@](O)(C(F)(F)F)c2nnc(o2)-c2nc(c(C(F)(F)F)cc2N)O1. The van der Waals surface area contributed by atoms with E-state index in [2.05, 4.69) is 15.2 Å². The zero-order valence-electron chi connectivity index (χ0n) is 15.6. The number of rotatable bonds is 0. The van der Waals surface area contributed by atoms with Gasteiger partial charge >= 0.3 is 12.4 Å². The second kappa shape index (κ2) is 7.60. The molecule has 2 aromatic rings. The van der Waals surface area contributed by atoms with E-state index in [-0.39, 0.29) is 19.3 Å². The van der Waals surface area contributed by atoms with E-state index in [1.807, 2.05) is 0 Å². The van der Waals surface area contributed by atoms with Crippen LogP contribution in [0.25, 0.3) is 11.6 Å². The number of ether oxygens (including phenoxy) is 1. The Kier molecular flexibility index (Phi) is 5.60. The first-order valence-corrected chi connectivity index (χ1v) is 9.01. The molecule has 3 heterocycles. The minimum atomic E-state index is -5.12. The van der Waals surface area contributed by atoms with Crippen molar-refractivity contribution in [2.75, 3.05) is 5.73 Å². The summed E-state index contributed by atoms with van der Waals surface area (Å²) in [7, 11) is 0. The van der Waals surface area contributed by atoms with E-state index in [9.17, 15) is 31.4 Å². The Morgan fingerprint density at radius 1 is 1.13 bits per heavy atom. The van der Waals surface area contributed by atoms with Crippen LogP contribution in [0.4, 0.5) is 32.0 Å². The second-order valence-electron chi connectivity index (χ2n) is 7.07. The van der Waals surface area contributed by atoms with E-state index in [0.717, 1.165) is 0 Å². The second-order valence-corrected chi connectivity index (χ2v) is 7.07. The summed E-state index contributed by atoms with van der Waals surface area (Å²) in [4.78, 5) is 3.71. The standard InChI is InChI=1S/C17H18F6N4O3/c1-8-5-3-2-4-6-15(28,17(21,22)23)14-27-26-13(30-14)11-10(24)7-9(16(18,19)20)12(25-11)29-8/h7-8,28H,2-6,24H2,1H3/t8-,15+/m1/s1. The lowest BCUT2D eigenvalue weighted by molar-refractivity contribution is -0.277. The topological polar surface area (TPSA) is 107 Å². The maximum absolute atomic E-state index is 13.5. The highest BCUT2D eigenvalue weighted by molar-refractivity contribution is 5.68. The molecule has 0 aromatic carbocycles. The molecule has 1 aliphatic heterocycles. The lowest BCUT2D eigenvalue weighted by atomic mass is 9.94. The fourth-order valence-electron chi connectivity index (χ4n) is 3.07. The number of hydrogen-bond donors (Lipinski definition) is 2. The molecule has 0 saturated heterocycles. The van der Waals surface area contributed by atoms with Gasteiger partial charge in [0.05, 0.1) is 11.8 Å². The minimum absolute atomic E-state index is 0.0417. The number of pyridine rings is 1. The summed E-state index contributed by atoms with van der Waals surface area (Å²) < 4.78 is 91.1. The first kappa shape index (κ1) is 22.1. The number of nitrogens with two attached hydrogens (primary N) is 1. The van der Waals surface area contributed by atoms with Crippen LogP contribution in [-0.2, 0) is 11.8 Å². The van der Waals surface area contributed by atoms with Gasteiger partial charge in [-0.05, 0) is 38.7 Å². The third-order valence-corrected chi connectivity index (χ3v) is 4.73. The number of anilines is 1. The molecule has 13 heteroatoms. The van der Waals surface area contributed by atoms with Crippen molar-refractivity contribution >= 4 is 5.69 Å². The lowest BCUT2D eigenvalue weighted by Gasteiger charge is -2.27. The Morgan fingerprint density at radius 3 is 2.47 bits per heavy atom. The van der Waals surface area contributed by atoms with Crippen LogP contribution in [0.2, 0.25) is 0 Å². The Bertz CT molecular complexity index is 914. The fourth-order valence-corrected chi connectivity index (χ4v) is 3.07. The number of nitrogen functional groups attached to an aromatic ring is 1. The Morgan fingerprint density at radius 2 is 1.83 bits per heavy atom. The molecule has 2 aromatic heterocycles. The van der Waals surface area contributed by atoms with Crippen molar-refractivity contribution in [1.29, 1.82) is 0 Å². The van der Waals surface area contributed by atoms with Crippen molar-refractivity contribution in [1.82, 2.24) is 15.2 Å². The molecular weight excluding hydrogens is 422 g/mol. The summed E-state index contributed by atoms with van der Waals surface area (Å²) in [6.45, 7) is 1.51. The van der Waals surface area contributed by atoms with Crippen LogP contribution in [0.15, 0.2) is 10.5 Å². The average molecular weight is 440 g/mol. The molecule has 0 spiro atoms. The van der Waals surface area contributed by atoms with E-state index < -0.39 is 65.1 Å². The van der Waals surface area contributed by atoms with Gasteiger partial charge in [-0.1, -0.05) is 6.42 Å². The number of fused-ring (bicyclic) bond motifs is 5. The molecule has 4 bridgehead atoms. The third-order valence-electron chi connectivity index (χ3n) is 4.73. The molecule has 166 valence electrons. The molecule has 2 atom stereocenters. The summed E-state index contributed by atoms with van der Waals surface area (Å²) in [6, 6.07) is 0.538. The minimum Gasteiger partial charge on any atom is -0.474 e. The first-order valence-electron chi connectivity index (χ1n) is 9.01. The molecule has 0 fully saturated rings. The first-order chi connectivity index (χ1) is 13.8. The number of aliphatic hydroxyl groups is 1. The Balaban J connectivity index is 2.17. The van der Waals surface area contributed by atoms with Crippen molar-refractivity contribution in [3.8, 4) is 17.5 Å². The predicted octanol–water partition coefficient (Wildman–Crippen LogP) is 4.21. The van der Waals surface area contributed by atoms with Gasteiger partial charge in [-0.2, -0.15) is 26.3 Å². The van der Waals surface area contributed by atoms with Crippen molar-refractivity contribution in [3.05, 3.63) is 17.5 Å². The molecule has 0 unspecified atom stereocenters. The summed E-state index contributed by atoms with van der Waals surface area (Å²) in [5.41, 5.74) is -0.0609. The molecule has 3 N–H and O–H groups in total. The molecule has 30 heavy (non-hydrogen) atoms. The van der Waals surface area contributed by atoms with Gasteiger partial charge < -0.3 is 20.0 Å². The summed E-state index contributed by atoms with van der Waals surface area (Å²) in [5, 5.41) is 16.9. The van der Waals surface area contributed by atoms with Gasteiger partial charge in [-0.25, -0.2) is 4.98 Å². The summed E-state index contributed by atoms with van der Waals surface area (Å²) in [5.74, 6) is -2.62. The number of alkyl halides is 6. The normalized spacial score (nSPS) is 23.5. The van der Waals surface area contributed by atoms with Crippen LogP contribution in [0.5, 0.6) is 5.88 Å². The smallest absolute Gasteiger partial charge is 0.426 e. The molecule has 0 aliphatic carbocycles. The summed E-state index contributed by atoms with van der Waals surface area (Å²) in [6.07, 6.45) is -10.5. The quantitative estimate of drug-likeness (QED) is 0.591. The van der Waals surface area contributed by atoms with Gasteiger partial charge in [0, 0.05) is 0 Å². The molecule has 0 amide bonds. The fraction of sp³-hybridized carbons (Fsp3) is 0.588. The number of halogens is 6. The van der Waals surface area contributed by atoms with E-state index in [1.165, 1.54) is 6.92 Å². The van der Waals surface area contributed by atoms with Crippen LogP contribution in [0.3, 0.4) is 0 Å². The molecular formula is C17H18F6N4O3. The van der Waals surface area contributed by atoms with Crippen LogP contribution in [0.1, 0.15) is 50.5 Å². The molecule has 1 aliphatic rings. The van der Waals surface area contributed by atoms with Gasteiger partial charge in [-0.3, -0.25) is 0 Å². The van der Waals surface area contributed by atoms with Crippen molar-refractivity contribution in [3.63, 3.8) is 0 Å². The van der Waals surface area contributed by atoms with E-state index in [1.54, 1.807) is 0 Å². The summed E-state index contributed by atoms with van der Waals surface area (Å²) >= 11 is 0. The van der Waals surface area contributed by atoms with Crippen LogP contribution < -0.4 is 10.5 Å². The molecule has 0 radical (unpaired) electrons. The van der Waals surface area contributed by atoms with Crippen LogP contribution in [0, 0.1) is 0 Å². The van der Waals surface area contributed by atoms with Gasteiger partial charge in [0.1, 0.15) is 5.56 Å². The highest BCUT2D eigenvalue weighted by Gasteiger charge is 2.58. The molecule has 7 nitrogen and oxygen atoms in total. The zero-order chi connectivity index (χ0) is 22.3. The van der Waals surface area contributed by atoms with Gasteiger partial charge in [-0.15, -0.1) is 10.2 Å². The Hall–Kier alpha value is -2.57. The highest BCUT2D eigenvalue weighted by atomic mass is 19.4.